The molecule has 0 unspecified atom stereocenters. The summed E-state index contributed by atoms with van der Waals surface area (Å²) in [5, 5.41) is 21.0. The number of benzene rings is 7. The first-order valence-corrected chi connectivity index (χ1v) is 14.1. The van der Waals surface area contributed by atoms with Crippen LogP contribution in [0.4, 0.5) is 0 Å². The van der Waals surface area contributed by atoms with Crippen molar-refractivity contribution >= 4 is 32.3 Å². The average molecular weight is 536 g/mol. The molecule has 0 spiro atoms. The minimum absolute atomic E-state index is 0.812. The van der Waals surface area contributed by atoms with Gasteiger partial charge in [-0.25, -0.2) is 0 Å². The van der Waals surface area contributed by atoms with E-state index in [9.17, 15) is 0 Å². The maximum Gasteiger partial charge on any atom is 0.105 e. The second-order valence-corrected chi connectivity index (χ2v) is 10.5. The predicted octanol–water partition coefficient (Wildman–Crippen LogP) is 10.00. The van der Waals surface area contributed by atoms with Gasteiger partial charge in [0.25, 0.3) is 0 Å². The van der Waals surface area contributed by atoms with Gasteiger partial charge in [0.1, 0.15) is 11.4 Å². The highest BCUT2D eigenvalue weighted by atomic mass is 15.3. The Morgan fingerprint density at radius 3 is 1.29 bits per heavy atom. The van der Waals surface area contributed by atoms with E-state index in [2.05, 4.69) is 131 Å². The molecule has 0 bridgehead atoms. The van der Waals surface area contributed by atoms with Crippen LogP contribution in [0, 0.1) is 0 Å². The van der Waals surface area contributed by atoms with Gasteiger partial charge in [-0.05, 0) is 54.2 Å². The molecule has 0 amide bonds. The molecule has 0 N–H and O–H groups in total. The molecule has 1 heterocycles. The summed E-state index contributed by atoms with van der Waals surface area (Å²) in [6.45, 7) is 0. The van der Waals surface area contributed by atoms with Gasteiger partial charge in [-0.15, -0.1) is 10.2 Å². The first-order chi connectivity index (χ1) is 20.9. The van der Waals surface area contributed by atoms with Crippen LogP contribution in [0.2, 0.25) is 0 Å². The molecule has 0 aliphatic heterocycles. The SMILES string of the molecule is c1ccc(-c2nnnc(-c3ccccc3)c2-c2ccccc2-c2cccc3c4ccccc4c4ccccc4c23)cc1. The topological polar surface area (TPSA) is 38.7 Å². The van der Waals surface area contributed by atoms with Gasteiger partial charge in [-0.2, -0.15) is 0 Å². The second-order valence-electron chi connectivity index (χ2n) is 10.5. The van der Waals surface area contributed by atoms with Crippen LogP contribution in [0.3, 0.4) is 0 Å². The maximum absolute atomic E-state index is 4.64. The quantitative estimate of drug-likeness (QED) is 0.211. The van der Waals surface area contributed by atoms with Crippen LogP contribution in [0.25, 0.3) is 77.1 Å². The number of fused-ring (bicyclic) bond motifs is 6. The number of aromatic nitrogens is 3. The van der Waals surface area contributed by atoms with Crippen LogP contribution in [0.5, 0.6) is 0 Å². The standard InChI is InChI=1S/C39H25N3/c1-3-14-26(15-4-1)38-37(39(41-42-40-38)27-16-5-2-6-17-27)35-23-12-10-21-31(35)34-25-13-24-33-30-19-8-7-18-28(30)29-20-9-11-22-32(29)36(33)34/h1-25H. The summed E-state index contributed by atoms with van der Waals surface area (Å²) < 4.78 is 0. The summed E-state index contributed by atoms with van der Waals surface area (Å²) in [6, 6.07) is 53.3. The molecule has 42 heavy (non-hydrogen) atoms. The third-order valence-electron chi connectivity index (χ3n) is 8.11. The fourth-order valence-corrected chi connectivity index (χ4v) is 6.29. The lowest BCUT2D eigenvalue weighted by molar-refractivity contribution is 0.879. The molecule has 196 valence electrons. The molecule has 8 rings (SSSR count). The molecule has 1 aromatic heterocycles. The van der Waals surface area contributed by atoms with E-state index in [1.807, 2.05) is 36.4 Å². The Labute approximate surface area is 243 Å². The molecule has 0 atom stereocenters. The fourth-order valence-electron chi connectivity index (χ4n) is 6.29. The fraction of sp³-hybridized carbons (Fsp3) is 0. The summed E-state index contributed by atoms with van der Waals surface area (Å²) in [6.07, 6.45) is 0. The molecule has 3 nitrogen and oxygen atoms in total. The number of rotatable bonds is 4. The van der Waals surface area contributed by atoms with Gasteiger partial charge in [0, 0.05) is 16.7 Å². The van der Waals surface area contributed by atoms with E-state index in [-0.39, 0.29) is 0 Å². The molecule has 7 aromatic carbocycles. The van der Waals surface area contributed by atoms with Crippen LogP contribution in [-0.2, 0) is 0 Å². The maximum atomic E-state index is 4.64. The molecule has 0 aliphatic carbocycles. The van der Waals surface area contributed by atoms with E-state index in [1.165, 1.54) is 37.9 Å². The minimum Gasteiger partial charge on any atom is -0.129 e. The monoisotopic (exact) mass is 535 g/mol. The zero-order valence-corrected chi connectivity index (χ0v) is 22.8. The number of nitrogens with zero attached hydrogens (tertiary/aromatic N) is 3. The zero-order valence-electron chi connectivity index (χ0n) is 22.8. The first kappa shape index (κ1) is 24.2. The Bertz CT molecular complexity index is 2140. The third-order valence-corrected chi connectivity index (χ3v) is 8.11. The van der Waals surface area contributed by atoms with Crippen molar-refractivity contribution in [1.82, 2.24) is 15.4 Å². The highest BCUT2D eigenvalue weighted by molar-refractivity contribution is 6.28. The van der Waals surface area contributed by atoms with E-state index in [4.69, 9.17) is 0 Å². The minimum atomic E-state index is 0.812. The van der Waals surface area contributed by atoms with Crippen molar-refractivity contribution < 1.29 is 0 Å². The molecule has 0 saturated carbocycles. The van der Waals surface area contributed by atoms with E-state index in [0.29, 0.717) is 0 Å². The summed E-state index contributed by atoms with van der Waals surface area (Å²) in [7, 11) is 0. The van der Waals surface area contributed by atoms with Crippen molar-refractivity contribution in [2.75, 3.05) is 0 Å². The highest BCUT2D eigenvalue weighted by Gasteiger charge is 2.22. The van der Waals surface area contributed by atoms with E-state index < -0.39 is 0 Å². The molecular weight excluding hydrogens is 510 g/mol. The molecule has 0 fully saturated rings. The van der Waals surface area contributed by atoms with Crippen molar-refractivity contribution in [2.45, 2.75) is 0 Å². The normalized spacial score (nSPS) is 11.3. The highest BCUT2D eigenvalue weighted by Crippen LogP contribution is 2.45. The first-order valence-electron chi connectivity index (χ1n) is 14.1. The summed E-state index contributed by atoms with van der Waals surface area (Å²) >= 11 is 0. The van der Waals surface area contributed by atoms with Crippen LogP contribution < -0.4 is 0 Å². The molecule has 0 saturated heterocycles. The number of hydrogen-bond acceptors (Lipinski definition) is 3. The lowest BCUT2D eigenvalue weighted by Gasteiger charge is -2.19. The lowest BCUT2D eigenvalue weighted by atomic mass is 9.85. The van der Waals surface area contributed by atoms with Crippen LogP contribution in [-0.4, -0.2) is 15.4 Å². The van der Waals surface area contributed by atoms with E-state index >= 15 is 0 Å². The molecule has 0 radical (unpaired) electrons. The Balaban J connectivity index is 1.50. The van der Waals surface area contributed by atoms with Crippen molar-refractivity contribution in [3.05, 3.63) is 152 Å². The van der Waals surface area contributed by atoms with Crippen molar-refractivity contribution in [3.63, 3.8) is 0 Å². The summed E-state index contributed by atoms with van der Waals surface area (Å²) in [4.78, 5) is 0. The smallest absolute Gasteiger partial charge is 0.105 e. The number of hydrogen-bond donors (Lipinski definition) is 0. The molecule has 8 aromatic rings. The predicted molar refractivity (Wildman–Crippen MR) is 174 cm³/mol. The third kappa shape index (κ3) is 3.87. The Morgan fingerprint density at radius 1 is 0.310 bits per heavy atom. The zero-order chi connectivity index (χ0) is 27.9. The van der Waals surface area contributed by atoms with E-state index in [0.717, 1.165) is 39.2 Å². The molecule has 3 heteroatoms. The van der Waals surface area contributed by atoms with Crippen molar-refractivity contribution in [1.29, 1.82) is 0 Å². The van der Waals surface area contributed by atoms with Crippen molar-refractivity contribution in [2.24, 2.45) is 0 Å². The Morgan fingerprint density at radius 2 is 0.714 bits per heavy atom. The summed E-state index contributed by atoms with van der Waals surface area (Å²) in [5.74, 6) is 0. The Hall–Kier alpha value is -5.67. The van der Waals surface area contributed by atoms with Gasteiger partial charge >= 0.3 is 0 Å². The van der Waals surface area contributed by atoms with E-state index in [1.54, 1.807) is 0 Å². The Kier molecular flexibility index (Phi) is 5.79. The molecular formula is C39H25N3. The lowest BCUT2D eigenvalue weighted by Crippen LogP contribution is -2.01. The van der Waals surface area contributed by atoms with Gasteiger partial charge in [0.15, 0.2) is 0 Å². The summed E-state index contributed by atoms with van der Waals surface area (Å²) in [5.41, 5.74) is 7.99. The molecule has 0 aliphatic rings. The van der Waals surface area contributed by atoms with Crippen LogP contribution in [0.15, 0.2) is 152 Å². The van der Waals surface area contributed by atoms with Crippen LogP contribution >= 0.6 is 0 Å². The van der Waals surface area contributed by atoms with Gasteiger partial charge in [-0.3, -0.25) is 0 Å². The van der Waals surface area contributed by atoms with Crippen molar-refractivity contribution in [3.8, 4) is 44.8 Å². The van der Waals surface area contributed by atoms with Gasteiger partial charge in [-0.1, -0.05) is 152 Å². The largest absolute Gasteiger partial charge is 0.129 e. The second kappa shape index (κ2) is 10.1. The van der Waals surface area contributed by atoms with Crippen LogP contribution in [0.1, 0.15) is 0 Å². The van der Waals surface area contributed by atoms with Gasteiger partial charge in [0.2, 0.25) is 0 Å². The van der Waals surface area contributed by atoms with Gasteiger partial charge < -0.3 is 0 Å². The average Bonchev–Trinajstić information content (AvgIpc) is 3.08. The van der Waals surface area contributed by atoms with Gasteiger partial charge in [0.05, 0.1) is 0 Å².